The molecular formula is C16H24N2O3S. The van der Waals surface area contributed by atoms with Gasteiger partial charge in [-0.1, -0.05) is 29.8 Å². The molecule has 1 aromatic rings. The normalized spacial score (nSPS) is 17.3. The van der Waals surface area contributed by atoms with E-state index >= 15 is 0 Å². The van der Waals surface area contributed by atoms with Crippen LogP contribution in [0.25, 0.3) is 0 Å². The molecule has 1 aromatic carbocycles. The second-order valence-electron chi connectivity index (χ2n) is 5.97. The average Bonchev–Trinajstić information content (AvgIpc) is 2.46. The molecule has 1 amide bonds. The summed E-state index contributed by atoms with van der Waals surface area (Å²) in [7, 11) is -3.53. The van der Waals surface area contributed by atoms with Crippen LogP contribution in [0.1, 0.15) is 37.3 Å². The predicted octanol–water partition coefficient (Wildman–Crippen LogP) is 1.82. The Balaban J connectivity index is 1.96. The molecule has 2 rings (SSSR count). The van der Waals surface area contributed by atoms with Gasteiger partial charge in [0.1, 0.15) is 0 Å². The monoisotopic (exact) mass is 324 g/mol. The first-order valence-electron chi connectivity index (χ1n) is 7.72. The van der Waals surface area contributed by atoms with Gasteiger partial charge < -0.3 is 4.90 Å². The van der Waals surface area contributed by atoms with Gasteiger partial charge in [0.25, 0.3) is 0 Å². The summed E-state index contributed by atoms with van der Waals surface area (Å²) in [4.78, 5) is 14.0. The van der Waals surface area contributed by atoms with Crippen molar-refractivity contribution in [3.05, 3.63) is 35.4 Å². The van der Waals surface area contributed by atoms with Gasteiger partial charge in [-0.2, -0.15) is 0 Å². The lowest BCUT2D eigenvalue weighted by atomic mass is 10.1. The third-order valence-corrected chi connectivity index (χ3v) is 5.26. The van der Waals surface area contributed by atoms with Gasteiger partial charge in [0.2, 0.25) is 15.9 Å². The van der Waals surface area contributed by atoms with E-state index in [9.17, 15) is 13.2 Å². The van der Waals surface area contributed by atoms with Gasteiger partial charge in [-0.25, -0.2) is 13.1 Å². The quantitative estimate of drug-likeness (QED) is 0.898. The number of sulfonamides is 1. The number of rotatable bonds is 5. The fourth-order valence-electron chi connectivity index (χ4n) is 2.77. The highest BCUT2D eigenvalue weighted by atomic mass is 32.2. The number of hydrogen-bond donors (Lipinski definition) is 1. The molecule has 1 atom stereocenters. The standard InChI is InChI=1S/C16H24N2O3S/c1-13-7-6-8-15(11-13)12-22(20,21)17-14(2)16(19)18-9-4-3-5-10-18/h6-8,11,14,17H,3-5,9-10,12H2,1-2H3/t14-/m0/s1. The maximum absolute atomic E-state index is 12.3. The van der Waals surface area contributed by atoms with Crippen LogP contribution in [0, 0.1) is 6.92 Å². The molecule has 0 bridgehead atoms. The van der Waals surface area contributed by atoms with E-state index in [-0.39, 0.29) is 11.7 Å². The predicted molar refractivity (Wildman–Crippen MR) is 86.8 cm³/mol. The highest BCUT2D eigenvalue weighted by Crippen LogP contribution is 2.12. The lowest BCUT2D eigenvalue weighted by Gasteiger charge is -2.29. The highest BCUT2D eigenvalue weighted by molar-refractivity contribution is 7.88. The van der Waals surface area contributed by atoms with E-state index in [0.717, 1.165) is 43.5 Å². The molecule has 1 aliphatic rings. The zero-order chi connectivity index (χ0) is 16.2. The molecule has 0 unspecified atom stereocenters. The van der Waals surface area contributed by atoms with Crippen LogP contribution in [0.2, 0.25) is 0 Å². The largest absolute Gasteiger partial charge is 0.341 e. The summed E-state index contributed by atoms with van der Waals surface area (Å²) in [5.74, 6) is -0.237. The number of piperidine rings is 1. The molecular weight excluding hydrogens is 300 g/mol. The Kier molecular flexibility index (Phi) is 5.58. The molecule has 0 saturated carbocycles. The van der Waals surface area contributed by atoms with E-state index in [1.165, 1.54) is 0 Å². The van der Waals surface area contributed by atoms with Crippen molar-refractivity contribution in [2.24, 2.45) is 0 Å². The Hall–Kier alpha value is -1.40. The summed E-state index contributed by atoms with van der Waals surface area (Å²) < 4.78 is 27.0. The number of likely N-dealkylation sites (tertiary alicyclic amines) is 1. The summed E-state index contributed by atoms with van der Waals surface area (Å²) >= 11 is 0. The smallest absolute Gasteiger partial charge is 0.240 e. The van der Waals surface area contributed by atoms with E-state index in [2.05, 4.69) is 4.72 Å². The minimum Gasteiger partial charge on any atom is -0.341 e. The van der Waals surface area contributed by atoms with Crippen molar-refractivity contribution in [1.29, 1.82) is 0 Å². The molecule has 22 heavy (non-hydrogen) atoms. The Bertz CT molecular complexity index is 622. The molecule has 1 aliphatic heterocycles. The second-order valence-corrected chi connectivity index (χ2v) is 7.73. The van der Waals surface area contributed by atoms with Crippen molar-refractivity contribution in [3.63, 3.8) is 0 Å². The first kappa shape index (κ1) is 17.0. The number of benzene rings is 1. The number of nitrogens with one attached hydrogen (secondary N) is 1. The Labute approximate surface area is 132 Å². The highest BCUT2D eigenvalue weighted by Gasteiger charge is 2.25. The zero-order valence-corrected chi connectivity index (χ0v) is 14.0. The zero-order valence-electron chi connectivity index (χ0n) is 13.2. The number of aryl methyl sites for hydroxylation is 1. The lowest BCUT2D eigenvalue weighted by Crippen LogP contribution is -2.48. The topological polar surface area (TPSA) is 66.5 Å². The van der Waals surface area contributed by atoms with Gasteiger partial charge in [-0.15, -0.1) is 0 Å². The Morgan fingerprint density at radius 2 is 1.95 bits per heavy atom. The Morgan fingerprint density at radius 3 is 2.59 bits per heavy atom. The molecule has 5 nitrogen and oxygen atoms in total. The van der Waals surface area contributed by atoms with Crippen LogP contribution >= 0.6 is 0 Å². The van der Waals surface area contributed by atoms with Crippen LogP contribution < -0.4 is 4.72 Å². The van der Waals surface area contributed by atoms with Crippen LogP contribution in [0.15, 0.2) is 24.3 Å². The molecule has 0 aromatic heterocycles. The van der Waals surface area contributed by atoms with E-state index < -0.39 is 16.1 Å². The van der Waals surface area contributed by atoms with Crippen molar-refractivity contribution in [3.8, 4) is 0 Å². The SMILES string of the molecule is Cc1cccc(CS(=O)(=O)N[C@@H](C)C(=O)N2CCCCC2)c1. The van der Waals surface area contributed by atoms with Crippen LogP contribution in [-0.4, -0.2) is 38.4 Å². The summed E-state index contributed by atoms with van der Waals surface area (Å²) in [5.41, 5.74) is 1.75. The molecule has 6 heteroatoms. The maximum atomic E-state index is 12.3. The van der Waals surface area contributed by atoms with Crippen molar-refractivity contribution in [1.82, 2.24) is 9.62 Å². The van der Waals surface area contributed by atoms with Gasteiger partial charge in [0.15, 0.2) is 0 Å². The fraction of sp³-hybridized carbons (Fsp3) is 0.562. The van der Waals surface area contributed by atoms with Gasteiger partial charge in [0, 0.05) is 13.1 Å². The molecule has 0 aliphatic carbocycles. The number of amides is 1. The number of hydrogen-bond acceptors (Lipinski definition) is 3. The minimum atomic E-state index is -3.53. The summed E-state index contributed by atoms with van der Waals surface area (Å²) in [5, 5.41) is 0. The number of carbonyl (C=O) groups excluding carboxylic acids is 1. The van der Waals surface area contributed by atoms with E-state index in [4.69, 9.17) is 0 Å². The van der Waals surface area contributed by atoms with Gasteiger partial charge in [0.05, 0.1) is 11.8 Å². The van der Waals surface area contributed by atoms with Gasteiger partial charge >= 0.3 is 0 Å². The van der Waals surface area contributed by atoms with E-state index in [0.29, 0.717) is 0 Å². The van der Waals surface area contributed by atoms with Crippen molar-refractivity contribution >= 4 is 15.9 Å². The summed E-state index contributed by atoms with van der Waals surface area (Å²) in [6.45, 7) is 4.99. The molecule has 1 fully saturated rings. The van der Waals surface area contributed by atoms with Crippen molar-refractivity contribution in [2.45, 2.75) is 44.9 Å². The molecule has 1 heterocycles. The van der Waals surface area contributed by atoms with Gasteiger partial charge in [-0.05, 0) is 38.7 Å². The molecule has 1 saturated heterocycles. The molecule has 1 N–H and O–H groups in total. The maximum Gasteiger partial charge on any atom is 0.240 e. The van der Waals surface area contributed by atoms with Crippen LogP contribution in [0.5, 0.6) is 0 Å². The van der Waals surface area contributed by atoms with Gasteiger partial charge in [-0.3, -0.25) is 4.79 Å². The van der Waals surface area contributed by atoms with E-state index in [1.54, 1.807) is 17.9 Å². The second kappa shape index (κ2) is 7.24. The first-order valence-corrected chi connectivity index (χ1v) is 9.37. The minimum absolute atomic E-state index is 0.105. The van der Waals surface area contributed by atoms with Crippen LogP contribution in [-0.2, 0) is 20.6 Å². The number of carbonyl (C=O) groups is 1. The van der Waals surface area contributed by atoms with Crippen molar-refractivity contribution in [2.75, 3.05) is 13.1 Å². The third-order valence-electron chi connectivity index (χ3n) is 3.83. The number of nitrogens with zero attached hydrogens (tertiary/aromatic N) is 1. The Morgan fingerprint density at radius 1 is 1.27 bits per heavy atom. The fourth-order valence-corrected chi connectivity index (χ4v) is 4.11. The first-order chi connectivity index (χ1) is 10.4. The molecule has 0 spiro atoms. The van der Waals surface area contributed by atoms with Crippen molar-refractivity contribution < 1.29 is 13.2 Å². The van der Waals surface area contributed by atoms with Crippen LogP contribution in [0.4, 0.5) is 0 Å². The average molecular weight is 324 g/mol. The van der Waals surface area contributed by atoms with E-state index in [1.807, 2.05) is 25.1 Å². The summed E-state index contributed by atoms with van der Waals surface area (Å²) in [6.07, 6.45) is 3.13. The van der Waals surface area contributed by atoms with Crippen LogP contribution in [0.3, 0.4) is 0 Å². The lowest BCUT2D eigenvalue weighted by molar-refractivity contribution is -0.133. The molecule has 0 radical (unpaired) electrons. The third kappa shape index (κ3) is 4.81. The summed E-state index contributed by atoms with van der Waals surface area (Å²) in [6, 6.07) is 6.67. The molecule has 122 valence electrons.